The van der Waals surface area contributed by atoms with Crippen LogP contribution in [0.2, 0.25) is 5.02 Å². The number of amides is 7. The van der Waals surface area contributed by atoms with Crippen LogP contribution in [0.25, 0.3) is 20.8 Å². The van der Waals surface area contributed by atoms with Gasteiger partial charge in [-0.25, -0.2) is 4.98 Å². The van der Waals surface area contributed by atoms with E-state index in [4.69, 9.17) is 26.1 Å². The standard InChI is InChI=1S/C60H69ClN10O9S/c1-62-59(78)60(80-50-8-3-2-5-45(50)56-66-48-7-4-6-47(61)53(48)81-56)19-24-70(25-20-60)58(77)46-33-52(73)65-49-32-42(13-14-44(46)49)79-30-21-64-54(74)38-9-11-39(12-10-38)57(76)71-28-26-68(27-29-71)36-37-17-22-69(23-18-37)41-31-40(34-63-35-41)43-15-16-51(72)67-55(43)75/h2-8,13-14,31-32,34-35,37-39,43,46H,9-12,15-30,33,36H2,1H3,(H,62,78)(H,64,74)(H,65,73)(H,67,72,75)/t38?,39?,43?,46-/m0/s1. The van der Waals surface area contributed by atoms with Crippen LogP contribution in [0, 0.1) is 17.8 Å². The van der Waals surface area contributed by atoms with Gasteiger partial charge in [0, 0.05) is 121 Å². The summed E-state index contributed by atoms with van der Waals surface area (Å²) in [5.41, 5.74) is 3.28. The molecule has 0 spiro atoms. The van der Waals surface area contributed by atoms with E-state index in [0.29, 0.717) is 90.3 Å². The Morgan fingerprint density at radius 3 is 2.30 bits per heavy atom. The van der Waals surface area contributed by atoms with Crippen molar-refractivity contribution in [2.75, 3.05) is 89.3 Å². The number of fused-ring (bicyclic) bond motifs is 2. The lowest BCUT2D eigenvalue weighted by Crippen LogP contribution is -2.58. The van der Waals surface area contributed by atoms with Crippen LogP contribution >= 0.6 is 22.9 Å². The Morgan fingerprint density at radius 1 is 0.790 bits per heavy atom. The number of halogens is 1. The fraction of sp³-hybridized carbons (Fsp3) is 0.483. The quantitative estimate of drug-likeness (QED) is 0.0650. The number of ether oxygens (including phenoxy) is 2. The van der Waals surface area contributed by atoms with E-state index in [1.54, 1.807) is 36.3 Å². The van der Waals surface area contributed by atoms with E-state index in [-0.39, 0.29) is 105 Å². The lowest BCUT2D eigenvalue weighted by Gasteiger charge is -2.42. The number of carbonyl (C=O) groups is 7. The summed E-state index contributed by atoms with van der Waals surface area (Å²) in [6.07, 6.45) is 9.66. The molecule has 1 unspecified atom stereocenters. The number of piperazine rings is 1. The average molecular weight is 1140 g/mol. The Balaban J connectivity index is 0.595. The van der Waals surface area contributed by atoms with E-state index in [9.17, 15) is 33.6 Å². The van der Waals surface area contributed by atoms with Gasteiger partial charge in [-0.3, -0.25) is 48.8 Å². The number of nitrogens with zero attached hydrogens (tertiary/aromatic N) is 6. The van der Waals surface area contributed by atoms with Crippen molar-refractivity contribution >= 4 is 85.9 Å². The van der Waals surface area contributed by atoms with Gasteiger partial charge in [0.2, 0.25) is 35.4 Å². The molecule has 1 saturated carbocycles. The lowest BCUT2D eigenvalue weighted by molar-refractivity contribution is -0.147. The molecular weight excluding hydrogens is 1070 g/mol. The minimum atomic E-state index is -1.26. The zero-order chi connectivity index (χ0) is 56.2. The number of anilines is 2. The number of aromatic nitrogens is 2. The normalized spacial score (nSPS) is 22.5. The Hall–Kier alpha value is -7.16. The first kappa shape index (κ1) is 55.7. The molecule has 19 nitrogen and oxygen atoms in total. The Morgan fingerprint density at radius 2 is 1.54 bits per heavy atom. The largest absolute Gasteiger partial charge is 0.492 e. The number of likely N-dealkylation sites (N-methyl/N-ethyl adjacent to an activating group) is 1. The second-order valence-corrected chi connectivity index (χ2v) is 23.8. The van der Waals surface area contributed by atoms with Crippen LogP contribution in [0.3, 0.4) is 0 Å². The number of carbonyl (C=O) groups excluding carboxylic acids is 7. The molecule has 81 heavy (non-hydrogen) atoms. The van der Waals surface area contributed by atoms with Gasteiger partial charge in [-0.2, -0.15) is 0 Å². The van der Waals surface area contributed by atoms with Crippen LogP contribution in [0.15, 0.2) is 79.1 Å². The minimum Gasteiger partial charge on any atom is -0.492 e. The number of likely N-dealkylation sites (tertiary alicyclic amines) is 1. The number of imide groups is 1. The summed E-state index contributed by atoms with van der Waals surface area (Å²) in [6.45, 7) is 6.92. The molecule has 21 heteroatoms. The first-order chi connectivity index (χ1) is 39.3. The average Bonchev–Trinajstić information content (AvgIpc) is 4.00. The summed E-state index contributed by atoms with van der Waals surface area (Å²) in [4.78, 5) is 110. The van der Waals surface area contributed by atoms with Gasteiger partial charge in [-0.05, 0) is 98.4 Å². The molecule has 5 aromatic rings. The van der Waals surface area contributed by atoms with Crippen LogP contribution < -0.4 is 35.6 Å². The highest BCUT2D eigenvalue weighted by molar-refractivity contribution is 7.22. The van der Waals surface area contributed by atoms with Gasteiger partial charge in [0.1, 0.15) is 23.1 Å². The van der Waals surface area contributed by atoms with E-state index < -0.39 is 11.5 Å². The van der Waals surface area contributed by atoms with E-state index in [2.05, 4.69) is 42.1 Å². The summed E-state index contributed by atoms with van der Waals surface area (Å²) in [5, 5.41) is 12.5. The van der Waals surface area contributed by atoms with Crippen molar-refractivity contribution in [2.45, 2.75) is 88.1 Å². The molecule has 6 aliphatic rings. The van der Waals surface area contributed by atoms with Crippen LogP contribution in [0.1, 0.15) is 93.6 Å². The molecule has 426 valence electrons. The van der Waals surface area contributed by atoms with Crippen molar-refractivity contribution < 1.29 is 43.0 Å². The summed E-state index contributed by atoms with van der Waals surface area (Å²) >= 11 is 7.93. The topological polar surface area (TPSA) is 225 Å². The second-order valence-electron chi connectivity index (χ2n) is 22.4. The van der Waals surface area contributed by atoms with Gasteiger partial charge in [-0.15, -0.1) is 11.3 Å². The van der Waals surface area contributed by atoms with Crippen molar-refractivity contribution in [3.63, 3.8) is 0 Å². The maximum absolute atomic E-state index is 14.3. The molecular formula is C60H69ClN10O9S. The summed E-state index contributed by atoms with van der Waals surface area (Å²) in [6, 6.07) is 20.4. The lowest BCUT2D eigenvalue weighted by atomic mass is 9.81. The van der Waals surface area contributed by atoms with Crippen LogP contribution in [0.5, 0.6) is 11.5 Å². The van der Waals surface area contributed by atoms with Gasteiger partial charge in [-0.1, -0.05) is 35.9 Å². The number of nitrogens with one attached hydrogen (secondary N) is 4. The number of piperidine rings is 3. The van der Waals surface area contributed by atoms with Gasteiger partial charge < -0.3 is 40.1 Å². The van der Waals surface area contributed by atoms with Crippen molar-refractivity contribution in [1.82, 2.24) is 40.6 Å². The number of thiazole rings is 1. The molecule has 4 N–H and O–H groups in total. The fourth-order valence-electron chi connectivity index (χ4n) is 12.7. The molecule has 1 aliphatic carbocycles. The van der Waals surface area contributed by atoms with Gasteiger partial charge >= 0.3 is 0 Å². The van der Waals surface area contributed by atoms with Crippen molar-refractivity contribution in [1.29, 1.82) is 0 Å². The minimum absolute atomic E-state index is 0.0185. The molecule has 2 atom stereocenters. The first-order valence-electron chi connectivity index (χ1n) is 28.5. The number of hydrogen-bond acceptors (Lipinski definition) is 14. The van der Waals surface area contributed by atoms with Crippen LogP contribution in [-0.2, 0) is 33.6 Å². The van der Waals surface area contributed by atoms with Crippen LogP contribution in [0.4, 0.5) is 11.4 Å². The van der Waals surface area contributed by atoms with Gasteiger partial charge in [0.05, 0.1) is 51.1 Å². The predicted molar refractivity (Wildman–Crippen MR) is 307 cm³/mol. The smallest absolute Gasteiger partial charge is 0.264 e. The molecule has 4 saturated heterocycles. The maximum atomic E-state index is 14.3. The van der Waals surface area contributed by atoms with E-state index in [1.165, 1.54) is 11.3 Å². The predicted octanol–water partition coefficient (Wildman–Crippen LogP) is 6.51. The monoisotopic (exact) mass is 1140 g/mol. The molecule has 5 aliphatic heterocycles. The fourth-order valence-corrected chi connectivity index (χ4v) is 14.0. The number of rotatable bonds is 15. The van der Waals surface area contributed by atoms with Gasteiger partial charge in [0.25, 0.3) is 5.91 Å². The number of pyridine rings is 1. The molecule has 11 rings (SSSR count). The molecule has 2 aromatic heterocycles. The third kappa shape index (κ3) is 12.4. The highest BCUT2D eigenvalue weighted by atomic mass is 35.5. The maximum Gasteiger partial charge on any atom is 0.264 e. The summed E-state index contributed by atoms with van der Waals surface area (Å²) in [5.74, 6) is -0.859. The highest BCUT2D eigenvalue weighted by Crippen LogP contribution is 2.42. The zero-order valence-corrected chi connectivity index (χ0v) is 47.2. The van der Waals surface area contributed by atoms with E-state index in [0.717, 1.165) is 72.6 Å². The highest BCUT2D eigenvalue weighted by Gasteiger charge is 2.46. The molecule has 0 radical (unpaired) electrons. The Labute approximate surface area is 479 Å². The zero-order valence-electron chi connectivity index (χ0n) is 45.6. The Bertz CT molecular complexity index is 3200. The molecule has 7 amide bonds. The molecule has 3 aromatic carbocycles. The SMILES string of the molecule is CNC(=O)C1(Oc2ccccc2-c2nc3cccc(Cl)c3s2)CCN(C(=O)[C@H]2CC(=O)Nc3cc(OCCNC(=O)C4CCC(C(=O)N5CCN(CC6CCN(c7cncc(C8CCC(=O)NC8=O)c7)CC6)CC5)CC4)ccc32)CC1. The third-order valence-corrected chi connectivity index (χ3v) is 18.9. The number of para-hydroxylation sites is 1. The van der Waals surface area contributed by atoms with Gasteiger partial charge in [0.15, 0.2) is 5.60 Å². The second kappa shape index (κ2) is 24.5. The molecule has 0 bridgehead atoms. The third-order valence-electron chi connectivity index (χ3n) is 17.4. The molecule has 5 fully saturated rings. The summed E-state index contributed by atoms with van der Waals surface area (Å²) < 4.78 is 13.6. The summed E-state index contributed by atoms with van der Waals surface area (Å²) in [7, 11) is 1.57. The van der Waals surface area contributed by atoms with E-state index in [1.807, 2.05) is 53.6 Å². The van der Waals surface area contributed by atoms with E-state index >= 15 is 0 Å². The number of hydrogen-bond donors (Lipinski definition) is 4. The Kier molecular flexibility index (Phi) is 16.9. The van der Waals surface area contributed by atoms with Crippen LogP contribution in [-0.4, -0.2) is 151 Å². The van der Waals surface area contributed by atoms with Crippen molar-refractivity contribution in [3.05, 3.63) is 95.3 Å². The number of benzene rings is 3. The van der Waals surface area contributed by atoms with Crippen molar-refractivity contribution in [3.8, 4) is 22.1 Å². The first-order valence-corrected chi connectivity index (χ1v) is 29.7. The molecule has 7 heterocycles. The van der Waals surface area contributed by atoms with Crippen molar-refractivity contribution in [2.24, 2.45) is 17.8 Å².